The minimum atomic E-state index is -0.303. The fourth-order valence-electron chi connectivity index (χ4n) is 4.79. The Bertz CT molecular complexity index is 734. The molecule has 3 heterocycles. The fraction of sp³-hybridized carbons (Fsp3) is 0.762. The summed E-state index contributed by atoms with van der Waals surface area (Å²) in [7, 11) is 0. The smallest absolute Gasteiger partial charge is 0.224 e. The molecule has 3 rings (SSSR count). The van der Waals surface area contributed by atoms with Crippen LogP contribution in [0.25, 0.3) is 0 Å². The summed E-state index contributed by atoms with van der Waals surface area (Å²) < 4.78 is 8.07. The van der Waals surface area contributed by atoms with Crippen molar-refractivity contribution < 1.29 is 19.4 Å². The van der Waals surface area contributed by atoms with Gasteiger partial charge in [0, 0.05) is 38.2 Å². The van der Waals surface area contributed by atoms with E-state index < -0.39 is 0 Å². The topological polar surface area (TPSA) is 84.7 Å². The van der Waals surface area contributed by atoms with Crippen LogP contribution in [0.2, 0.25) is 0 Å². The van der Waals surface area contributed by atoms with Gasteiger partial charge in [-0.25, -0.2) is 0 Å². The SMILES string of the molecule is CC[C@H]1C[C@@H](O)CC2(CCN(C(=O)CCn3nc(C)c(C(C)=O)c3C)CC2)O1. The van der Waals surface area contributed by atoms with Gasteiger partial charge in [0.2, 0.25) is 5.91 Å². The minimum Gasteiger partial charge on any atom is -0.393 e. The second kappa shape index (κ2) is 8.33. The highest BCUT2D eigenvalue weighted by atomic mass is 16.5. The maximum Gasteiger partial charge on any atom is 0.224 e. The van der Waals surface area contributed by atoms with E-state index in [0.717, 1.165) is 30.7 Å². The number of piperidine rings is 1. The number of likely N-dealkylation sites (tertiary alicyclic amines) is 1. The molecule has 0 radical (unpaired) electrons. The molecule has 1 spiro atoms. The molecule has 7 heteroatoms. The van der Waals surface area contributed by atoms with Crippen molar-refractivity contribution in [3.8, 4) is 0 Å². The molecular formula is C21H33N3O4. The molecule has 0 saturated carbocycles. The quantitative estimate of drug-likeness (QED) is 0.779. The number of ketones is 1. The van der Waals surface area contributed by atoms with E-state index >= 15 is 0 Å². The largest absolute Gasteiger partial charge is 0.393 e. The third-order valence-electron chi connectivity index (χ3n) is 6.31. The molecule has 0 bridgehead atoms. The number of aliphatic hydroxyl groups excluding tert-OH is 1. The maximum absolute atomic E-state index is 12.7. The lowest BCUT2D eigenvalue weighted by atomic mass is 9.81. The molecule has 2 atom stereocenters. The lowest BCUT2D eigenvalue weighted by molar-refractivity contribution is -0.183. The normalized spacial score (nSPS) is 24.5. The van der Waals surface area contributed by atoms with Gasteiger partial charge in [-0.3, -0.25) is 14.3 Å². The monoisotopic (exact) mass is 391 g/mol. The van der Waals surface area contributed by atoms with E-state index in [4.69, 9.17) is 4.74 Å². The van der Waals surface area contributed by atoms with Crippen LogP contribution >= 0.6 is 0 Å². The van der Waals surface area contributed by atoms with E-state index in [1.165, 1.54) is 0 Å². The number of carbonyl (C=O) groups excluding carboxylic acids is 2. The molecule has 2 fully saturated rings. The van der Waals surface area contributed by atoms with Crippen LogP contribution in [-0.2, 0) is 16.1 Å². The molecule has 2 saturated heterocycles. The first-order valence-corrected chi connectivity index (χ1v) is 10.4. The van der Waals surface area contributed by atoms with Gasteiger partial charge in [-0.1, -0.05) is 6.92 Å². The molecule has 1 aromatic heterocycles. The summed E-state index contributed by atoms with van der Waals surface area (Å²) in [5, 5.41) is 14.6. The number of hydrogen-bond acceptors (Lipinski definition) is 5. The molecule has 1 amide bonds. The molecule has 7 nitrogen and oxygen atoms in total. The zero-order valence-electron chi connectivity index (χ0n) is 17.5. The molecule has 1 aromatic rings. The van der Waals surface area contributed by atoms with E-state index in [1.807, 2.05) is 18.7 Å². The summed E-state index contributed by atoms with van der Waals surface area (Å²) >= 11 is 0. The predicted octanol–water partition coefficient (Wildman–Crippen LogP) is 2.40. The number of rotatable bonds is 5. The first-order chi connectivity index (χ1) is 13.2. The van der Waals surface area contributed by atoms with E-state index in [9.17, 15) is 14.7 Å². The van der Waals surface area contributed by atoms with Gasteiger partial charge in [-0.2, -0.15) is 5.10 Å². The summed E-state index contributed by atoms with van der Waals surface area (Å²) in [6.45, 7) is 9.15. The number of aryl methyl sites for hydroxylation is 2. The van der Waals surface area contributed by atoms with Crippen molar-refractivity contribution in [1.29, 1.82) is 0 Å². The van der Waals surface area contributed by atoms with Crippen LogP contribution in [0.15, 0.2) is 0 Å². The first-order valence-electron chi connectivity index (χ1n) is 10.4. The molecule has 28 heavy (non-hydrogen) atoms. The second-order valence-electron chi connectivity index (χ2n) is 8.38. The van der Waals surface area contributed by atoms with Gasteiger partial charge in [0.25, 0.3) is 0 Å². The summed E-state index contributed by atoms with van der Waals surface area (Å²) in [5.74, 6) is 0.115. The zero-order chi connectivity index (χ0) is 20.5. The van der Waals surface area contributed by atoms with Gasteiger partial charge in [0.1, 0.15) is 0 Å². The summed E-state index contributed by atoms with van der Waals surface area (Å²) in [6, 6.07) is 0. The minimum absolute atomic E-state index is 0.00829. The van der Waals surface area contributed by atoms with Crippen molar-refractivity contribution in [3.63, 3.8) is 0 Å². The second-order valence-corrected chi connectivity index (χ2v) is 8.38. The van der Waals surface area contributed by atoms with Crippen LogP contribution in [0, 0.1) is 13.8 Å². The number of Topliss-reactive ketones (excluding diaryl/α,β-unsaturated/α-hetero) is 1. The number of amides is 1. The van der Waals surface area contributed by atoms with Gasteiger partial charge < -0.3 is 14.7 Å². The standard InChI is InChI=1S/C21H33N3O4/c1-5-18-12-17(26)13-21(28-18)7-10-23(11-8-21)19(27)6-9-24-15(3)20(16(4)25)14(2)22-24/h17-18,26H,5-13H2,1-4H3/t17-,18+/m1/s1. The molecule has 156 valence electrons. The number of aromatic nitrogens is 2. The molecule has 0 aliphatic carbocycles. The molecule has 0 aromatic carbocycles. The van der Waals surface area contributed by atoms with Crippen LogP contribution in [0.1, 0.15) is 74.1 Å². The van der Waals surface area contributed by atoms with Crippen molar-refractivity contribution in [3.05, 3.63) is 17.0 Å². The third kappa shape index (κ3) is 4.30. The number of carbonyl (C=O) groups is 2. The van der Waals surface area contributed by atoms with Crippen molar-refractivity contribution in [2.75, 3.05) is 13.1 Å². The highest BCUT2D eigenvalue weighted by Gasteiger charge is 2.43. The van der Waals surface area contributed by atoms with Crippen molar-refractivity contribution in [2.24, 2.45) is 0 Å². The maximum atomic E-state index is 12.7. The first kappa shape index (κ1) is 21.0. The van der Waals surface area contributed by atoms with Crippen LogP contribution in [0.3, 0.4) is 0 Å². The van der Waals surface area contributed by atoms with Crippen molar-refractivity contribution >= 4 is 11.7 Å². The van der Waals surface area contributed by atoms with E-state index in [-0.39, 0.29) is 29.5 Å². The lowest BCUT2D eigenvalue weighted by Crippen LogP contribution is -2.53. The lowest BCUT2D eigenvalue weighted by Gasteiger charge is -2.47. The average Bonchev–Trinajstić information content (AvgIpc) is 2.93. The third-order valence-corrected chi connectivity index (χ3v) is 6.31. The van der Waals surface area contributed by atoms with Crippen LogP contribution < -0.4 is 0 Å². The number of ether oxygens (including phenoxy) is 1. The van der Waals surface area contributed by atoms with Gasteiger partial charge in [-0.05, 0) is 46.5 Å². The summed E-state index contributed by atoms with van der Waals surface area (Å²) in [5.41, 5.74) is 1.92. The van der Waals surface area contributed by atoms with Gasteiger partial charge in [0.05, 0.1) is 29.1 Å². The summed E-state index contributed by atoms with van der Waals surface area (Å²) in [6.07, 6.45) is 4.04. The zero-order valence-corrected chi connectivity index (χ0v) is 17.5. The highest BCUT2D eigenvalue weighted by molar-refractivity contribution is 5.96. The van der Waals surface area contributed by atoms with Crippen LogP contribution in [-0.4, -0.2) is 62.4 Å². The fourth-order valence-corrected chi connectivity index (χ4v) is 4.79. The van der Waals surface area contributed by atoms with Crippen molar-refractivity contribution in [1.82, 2.24) is 14.7 Å². The number of nitrogens with zero attached hydrogens (tertiary/aromatic N) is 3. The molecular weight excluding hydrogens is 358 g/mol. The van der Waals surface area contributed by atoms with Gasteiger partial charge in [-0.15, -0.1) is 0 Å². The Morgan fingerprint density at radius 2 is 1.96 bits per heavy atom. The molecule has 2 aliphatic heterocycles. The van der Waals surface area contributed by atoms with E-state index in [0.29, 0.717) is 44.5 Å². The summed E-state index contributed by atoms with van der Waals surface area (Å²) in [4.78, 5) is 26.3. The molecule has 2 aliphatic rings. The Morgan fingerprint density at radius 3 is 2.54 bits per heavy atom. The van der Waals surface area contributed by atoms with E-state index in [1.54, 1.807) is 11.6 Å². The number of aliphatic hydroxyl groups is 1. The predicted molar refractivity (Wildman–Crippen MR) is 105 cm³/mol. The van der Waals surface area contributed by atoms with E-state index in [2.05, 4.69) is 12.0 Å². The van der Waals surface area contributed by atoms with Crippen LogP contribution in [0.5, 0.6) is 0 Å². The Balaban J connectivity index is 1.55. The van der Waals surface area contributed by atoms with Gasteiger partial charge in [0.15, 0.2) is 5.78 Å². The highest BCUT2D eigenvalue weighted by Crippen LogP contribution is 2.38. The Hall–Kier alpha value is -1.73. The number of hydrogen-bond donors (Lipinski definition) is 1. The molecule has 0 unspecified atom stereocenters. The average molecular weight is 392 g/mol. The van der Waals surface area contributed by atoms with Gasteiger partial charge >= 0.3 is 0 Å². The Kier molecular flexibility index (Phi) is 6.25. The molecule has 1 N–H and O–H groups in total. The Labute approximate surface area is 167 Å². The van der Waals surface area contributed by atoms with Crippen molar-refractivity contribution in [2.45, 2.75) is 90.6 Å². The Morgan fingerprint density at radius 1 is 1.29 bits per heavy atom. The van der Waals surface area contributed by atoms with Crippen LogP contribution in [0.4, 0.5) is 0 Å².